The minimum absolute atomic E-state index is 0.0966. The summed E-state index contributed by atoms with van der Waals surface area (Å²) >= 11 is 0. The third-order valence-electron chi connectivity index (χ3n) is 8.59. The second kappa shape index (κ2) is 17.8. The normalized spacial score (nSPS) is 15.1. The molecule has 3 aromatic rings. The Bertz CT molecular complexity index is 1330. The molecule has 0 spiro atoms. The van der Waals surface area contributed by atoms with Gasteiger partial charge >= 0.3 is 0 Å². The molecule has 0 amide bonds. The summed E-state index contributed by atoms with van der Waals surface area (Å²) in [5, 5.41) is 1.15. The summed E-state index contributed by atoms with van der Waals surface area (Å²) in [6.45, 7) is 21.1. The molecule has 1 aromatic carbocycles. The number of nitrogens with two attached hydrogens (primary N) is 1. The zero-order chi connectivity index (χ0) is 33.0. The molecule has 1 fully saturated rings. The molecule has 45 heavy (non-hydrogen) atoms. The van der Waals surface area contributed by atoms with Crippen molar-refractivity contribution in [1.29, 1.82) is 0 Å². The lowest BCUT2D eigenvalue weighted by molar-refractivity contribution is -0.110. The van der Waals surface area contributed by atoms with E-state index in [9.17, 15) is 4.79 Å². The second-order valence-electron chi connectivity index (χ2n) is 13.6. The van der Waals surface area contributed by atoms with E-state index in [4.69, 9.17) is 20.4 Å². The van der Waals surface area contributed by atoms with Gasteiger partial charge in [-0.2, -0.15) is 0 Å². The summed E-state index contributed by atoms with van der Waals surface area (Å²) in [6, 6.07) is 6.65. The number of nitrogen functional groups attached to an aromatic ring is 1. The van der Waals surface area contributed by atoms with Crippen molar-refractivity contribution in [2.75, 3.05) is 77.2 Å². The average molecular weight is 624 g/mol. The number of imidazole rings is 1. The molecule has 252 valence electrons. The molecule has 1 aliphatic heterocycles. The van der Waals surface area contributed by atoms with Gasteiger partial charge in [-0.3, -0.25) is 4.90 Å². The smallest absolute Gasteiger partial charge is 0.152 e. The summed E-state index contributed by atoms with van der Waals surface area (Å²) in [5.74, 6) is 2.11. The van der Waals surface area contributed by atoms with Crippen molar-refractivity contribution in [1.82, 2.24) is 24.3 Å². The standard InChI is InChI=1S/C34H55N7O2.C2H6/c1-7-8-11-30-37-31-32(41(30)16-10-9-15-38(5)6)28-22-27(12-13-29(28)36-33(31)35)40-19-17-39(18-20-40)23-26(2)24-43-25-34(3,4)14-21-42;1-2/h12-13,21-22,26H,7-11,14-20,23-25H2,1-6H3,(H2,35,36);1-2H3. The van der Waals surface area contributed by atoms with Gasteiger partial charge in [0.15, 0.2) is 5.82 Å². The van der Waals surface area contributed by atoms with E-state index >= 15 is 0 Å². The summed E-state index contributed by atoms with van der Waals surface area (Å²) in [5.41, 5.74) is 10.6. The van der Waals surface area contributed by atoms with Crippen molar-refractivity contribution in [3.63, 3.8) is 0 Å². The predicted octanol–water partition coefficient (Wildman–Crippen LogP) is 6.27. The number of pyridine rings is 1. The molecule has 3 heterocycles. The van der Waals surface area contributed by atoms with Crippen molar-refractivity contribution in [3.8, 4) is 0 Å². The molecule has 4 rings (SSSR count). The number of carbonyl (C=O) groups excluding carboxylic acids is 1. The van der Waals surface area contributed by atoms with Gasteiger partial charge in [-0.15, -0.1) is 0 Å². The van der Waals surface area contributed by atoms with Crippen LogP contribution in [0.2, 0.25) is 0 Å². The Balaban J connectivity index is 0.00000271. The summed E-state index contributed by atoms with van der Waals surface area (Å²) in [6.07, 6.45) is 6.99. The Morgan fingerprint density at radius 2 is 1.82 bits per heavy atom. The highest BCUT2D eigenvalue weighted by Gasteiger charge is 2.23. The minimum Gasteiger partial charge on any atom is -0.382 e. The van der Waals surface area contributed by atoms with E-state index in [1.54, 1.807) is 0 Å². The SMILES string of the molecule is CC.CCCCc1nc2c(N)nc3ccc(N4CCN(CC(C)COCC(C)(C)CC=O)CC4)cc3c2n1CCCCN(C)C. The van der Waals surface area contributed by atoms with Crippen LogP contribution >= 0.6 is 0 Å². The summed E-state index contributed by atoms with van der Waals surface area (Å²) in [7, 11) is 4.27. The van der Waals surface area contributed by atoms with Crippen LogP contribution in [0.3, 0.4) is 0 Å². The molecule has 1 aliphatic rings. The Labute approximate surface area is 272 Å². The van der Waals surface area contributed by atoms with E-state index in [1.807, 2.05) is 13.8 Å². The maximum atomic E-state index is 10.9. The number of carbonyl (C=O) groups is 1. The number of fused-ring (bicyclic) bond motifs is 3. The van der Waals surface area contributed by atoms with Crippen molar-refractivity contribution in [3.05, 3.63) is 24.0 Å². The second-order valence-corrected chi connectivity index (χ2v) is 13.6. The van der Waals surface area contributed by atoms with E-state index in [-0.39, 0.29) is 5.41 Å². The molecule has 0 bridgehead atoms. The van der Waals surface area contributed by atoms with Crippen LogP contribution in [0.4, 0.5) is 11.5 Å². The van der Waals surface area contributed by atoms with Crippen LogP contribution in [-0.2, 0) is 22.5 Å². The van der Waals surface area contributed by atoms with Gasteiger partial charge in [-0.25, -0.2) is 9.97 Å². The van der Waals surface area contributed by atoms with Gasteiger partial charge in [0.2, 0.25) is 0 Å². The highest BCUT2D eigenvalue weighted by atomic mass is 16.5. The number of benzene rings is 1. The number of piperazine rings is 1. The number of rotatable bonds is 17. The number of hydrogen-bond acceptors (Lipinski definition) is 8. The summed E-state index contributed by atoms with van der Waals surface area (Å²) < 4.78 is 8.42. The molecule has 2 aromatic heterocycles. The fourth-order valence-corrected chi connectivity index (χ4v) is 6.11. The largest absolute Gasteiger partial charge is 0.382 e. The molecule has 9 heteroatoms. The number of hydrogen-bond donors (Lipinski definition) is 1. The number of unbranched alkanes of at least 4 members (excludes halogenated alkanes) is 2. The third-order valence-corrected chi connectivity index (χ3v) is 8.59. The zero-order valence-electron chi connectivity index (χ0n) is 29.6. The third kappa shape index (κ3) is 10.4. The minimum atomic E-state index is -0.0966. The van der Waals surface area contributed by atoms with E-state index in [2.05, 4.69) is 79.3 Å². The first kappa shape index (κ1) is 36.7. The predicted molar refractivity (Wildman–Crippen MR) is 190 cm³/mol. The van der Waals surface area contributed by atoms with Crippen molar-refractivity contribution < 1.29 is 9.53 Å². The molecular formula is C36H61N7O2. The highest BCUT2D eigenvalue weighted by Crippen LogP contribution is 2.33. The maximum Gasteiger partial charge on any atom is 0.152 e. The Morgan fingerprint density at radius 3 is 2.49 bits per heavy atom. The summed E-state index contributed by atoms with van der Waals surface area (Å²) in [4.78, 5) is 28.0. The fourth-order valence-electron chi connectivity index (χ4n) is 6.11. The van der Waals surface area contributed by atoms with Crippen LogP contribution < -0.4 is 10.6 Å². The number of aldehydes is 1. The first-order chi connectivity index (χ1) is 21.6. The van der Waals surface area contributed by atoms with Crippen molar-refractivity contribution in [2.45, 2.75) is 86.6 Å². The van der Waals surface area contributed by atoms with Gasteiger partial charge in [0.1, 0.15) is 17.6 Å². The van der Waals surface area contributed by atoms with Gasteiger partial charge in [-0.05, 0) is 69.4 Å². The zero-order valence-corrected chi connectivity index (χ0v) is 29.6. The monoisotopic (exact) mass is 623 g/mol. The maximum absolute atomic E-state index is 10.9. The Kier molecular flexibility index (Phi) is 14.5. The van der Waals surface area contributed by atoms with E-state index < -0.39 is 0 Å². The van der Waals surface area contributed by atoms with Crippen LogP contribution in [0.25, 0.3) is 21.9 Å². The quantitative estimate of drug-likeness (QED) is 0.139. The van der Waals surface area contributed by atoms with Gasteiger partial charge in [0.05, 0.1) is 24.2 Å². The fraction of sp³-hybridized carbons (Fsp3) is 0.694. The number of aromatic nitrogens is 3. The number of nitrogens with zero attached hydrogens (tertiary/aromatic N) is 6. The first-order valence-corrected chi connectivity index (χ1v) is 17.3. The molecule has 9 nitrogen and oxygen atoms in total. The molecule has 1 saturated heterocycles. The first-order valence-electron chi connectivity index (χ1n) is 17.3. The Morgan fingerprint density at radius 1 is 1.09 bits per heavy atom. The van der Waals surface area contributed by atoms with Crippen LogP contribution in [0.5, 0.6) is 0 Å². The van der Waals surface area contributed by atoms with Gasteiger partial charge < -0.3 is 29.6 Å². The van der Waals surface area contributed by atoms with Gasteiger partial charge in [0.25, 0.3) is 0 Å². The average Bonchev–Trinajstić information content (AvgIpc) is 3.38. The lowest BCUT2D eigenvalue weighted by Gasteiger charge is -2.37. The van der Waals surface area contributed by atoms with E-state index in [0.29, 0.717) is 24.8 Å². The lowest BCUT2D eigenvalue weighted by atomic mass is 9.91. The van der Waals surface area contributed by atoms with E-state index in [0.717, 1.165) is 119 Å². The van der Waals surface area contributed by atoms with Crippen molar-refractivity contribution >= 4 is 39.7 Å². The number of anilines is 2. The van der Waals surface area contributed by atoms with Crippen LogP contribution in [-0.4, -0.2) is 97.2 Å². The number of ether oxygens (including phenoxy) is 1. The molecular weight excluding hydrogens is 562 g/mol. The van der Waals surface area contributed by atoms with Gasteiger partial charge in [0, 0.05) is 63.2 Å². The van der Waals surface area contributed by atoms with Crippen LogP contribution in [0, 0.1) is 11.3 Å². The molecule has 0 aliphatic carbocycles. The topological polar surface area (TPSA) is 92.8 Å². The molecule has 0 radical (unpaired) electrons. The number of aryl methyl sites for hydroxylation is 2. The van der Waals surface area contributed by atoms with Crippen molar-refractivity contribution in [2.24, 2.45) is 11.3 Å². The van der Waals surface area contributed by atoms with Gasteiger partial charge in [-0.1, -0.05) is 48.0 Å². The van der Waals surface area contributed by atoms with Crippen LogP contribution in [0.1, 0.15) is 79.5 Å². The van der Waals surface area contributed by atoms with E-state index in [1.165, 1.54) is 5.69 Å². The molecule has 2 N–H and O–H groups in total. The highest BCUT2D eigenvalue weighted by molar-refractivity contribution is 6.07. The molecule has 0 saturated carbocycles. The molecule has 1 atom stereocenters. The van der Waals surface area contributed by atoms with Crippen LogP contribution in [0.15, 0.2) is 18.2 Å². The Hall–Kier alpha value is -2.75. The molecule has 1 unspecified atom stereocenters. The lowest BCUT2D eigenvalue weighted by Crippen LogP contribution is -2.48.